The van der Waals surface area contributed by atoms with Crippen LogP contribution in [-0.4, -0.2) is 43.1 Å². The zero-order valence-corrected chi connectivity index (χ0v) is 13.5. The summed E-state index contributed by atoms with van der Waals surface area (Å²) in [6.45, 7) is 11.4. The van der Waals surface area contributed by atoms with Crippen LogP contribution in [0.5, 0.6) is 5.75 Å². The smallest absolute Gasteiger partial charge is 0.225 e. The lowest BCUT2D eigenvalue weighted by Crippen LogP contribution is -2.49. The first kappa shape index (κ1) is 15.7. The van der Waals surface area contributed by atoms with Gasteiger partial charge in [0.05, 0.1) is 6.10 Å². The van der Waals surface area contributed by atoms with Gasteiger partial charge in [-0.1, -0.05) is 13.8 Å². The van der Waals surface area contributed by atoms with Crippen LogP contribution in [0.15, 0.2) is 24.3 Å². The van der Waals surface area contributed by atoms with Gasteiger partial charge in [0.25, 0.3) is 0 Å². The van der Waals surface area contributed by atoms with Crippen LogP contribution in [0, 0.1) is 5.92 Å². The highest BCUT2D eigenvalue weighted by Crippen LogP contribution is 2.21. The number of rotatable bonds is 4. The monoisotopic (exact) mass is 290 g/mol. The molecule has 1 aromatic rings. The largest absolute Gasteiger partial charge is 0.491 e. The third-order valence-corrected chi connectivity index (χ3v) is 3.66. The number of ether oxygens (including phenoxy) is 1. The van der Waals surface area contributed by atoms with E-state index < -0.39 is 0 Å². The van der Waals surface area contributed by atoms with Crippen molar-refractivity contribution in [2.75, 3.05) is 31.1 Å². The molecule has 1 saturated heterocycles. The maximum atomic E-state index is 12.0. The standard InChI is InChI=1S/C17H26N2O2/c1-13(2)17(20)19-11-9-18(10-12-19)15-5-7-16(8-6-15)21-14(3)4/h5-8,13-14H,9-12H2,1-4H3. The minimum Gasteiger partial charge on any atom is -0.491 e. The Morgan fingerprint density at radius 2 is 1.57 bits per heavy atom. The van der Waals surface area contributed by atoms with Gasteiger partial charge in [-0.3, -0.25) is 4.79 Å². The van der Waals surface area contributed by atoms with Gasteiger partial charge in [0.1, 0.15) is 5.75 Å². The van der Waals surface area contributed by atoms with E-state index in [0.717, 1.165) is 31.9 Å². The Morgan fingerprint density at radius 3 is 2.05 bits per heavy atom. The average Bonchev–Trinajstić information content (AvgIpc) is 2.47. The van der Waals surface area contributed by atoms with Crippen molar-refractivity contribution in [3.05, 3.63) is 24.3 Å². The molecule has 0 saturated carbocycles. The van der Waals surface area contributed by atoms with E-state index in [2.05, 4.69) is 17.0 Å². The van der Waals surface area contributed by atoms with E-state index in [1.165, 1.54) is 5.69 Å². The molecule has 0 unspecified atom stereocenters. The van der Waals surface area contributed by atoms with Gasteiger partial charge >= 0.3 is 0 Å². The van der Waals surface area contributed by atoms with Gasteiger partial charge in [-0.25, -0.2) is 0 Å². The van der Waals surface area contributed by atoms with E-state index >= 15 is 0 Å². The summed E-state index contributed by atoms with van der Waals surface area (Å²) in [7, 11) is 0. The summed E-state index contributed by atoms with van der Waals surface area (Å²) < 4.78 is 5.66. The first-order valence-electron chi connectivity index (χ1n) is 7.78. The molecular weight excluding hydrogens is 264 g/mol. The molecule has 1 amide bonds. The molecule has 0 bridgehead atoms. The highest BCUT2D eigenvalue weighted by Gasteiger charge is 2.22. The first-order chi connectivity index (χ1) is 9.97. The maximum absolute atomic E-state index is 12.0. The SMILES string of the molecule is CC(C)Oc1ccc(N2CCN(C(=O)C(C)C)CC2)cc1. The Kier molecular flexibility index (Phi) is 5.10. The topological polar surface area (TPSA) is 32.8 Å². The van der Waals surface area contributed by atoms with Gasteiger partial charge < -0.3 is 14.5 Å². The number of carbonyl (C=O) groups excluding carboxylic acids is 1. The second-order valence-electron chi connectivity index (χ2n) is 6.13. The summed E-state index contributed by atoms with van der Waals surface area (Å²) in [5, 5.41) is 0. The highest BCUT2D eigenvalue weighted by atomic mass is 16.5. The molecule has 1 aliphatic heterocycles. The van der Waals surface area contributed by atoms with Crippen LogP contribution in [0.2, 0.25) is 0 Å². The quantitative estimate of drug-likeness (QED) is 0.855. The van der Waals surface area contributed by atoms with Crippen molar-refractivity contribution in [2.45, 2.75) is 33.8 Å². The third kappa shape index (κ3) is 4.13. The van der Waals surface area contributed by atoms with Gasteiger partial charge in [-0.2, -0.15) is 0 Å². The molecule has 1 heterocycles. The Bertz CT molecular complexity index is 460. The van der Waals surface area contributed by atoms with Crippen molar-refractivity contribution in [2.24, 2.45) is 5.92 Å². The van der Waals surface area contributed by atoms with E-state index in [-0.39, 0.29) is 17.9 Å². The maximum Gasteiger partial charge on any atom is 0.225 e. The number of amides is 1. The van der Waals surface area contributed by atoms with Gasteiger partial charge in [0.2, 0.25) is 5.91 Å². The van der Waals surface area contributed by atoms with Crippen molar-refractivity contribution in [1.82, 2.24) is 4.90 Å². The summed E-state index contributed by atoms with van der Waals surface area (Å²) in [5.74, 6) is 1.25. The number of benzene rings is 1. The lowest BCUT2D eigenvalue weighted by Gasteiger charge is -2.37. The molecule has 0 aromatic heterocycles. The zero-order valence-electron chi connectivity index (χ0n) is 13.5. The van der Waals surface area contributed by atoms with Crippen molar-refractivity contribution in [3.8, 4) is 5.75 Å². The number of piperazine rings is 1. The molecule has 0 radical (unpaired) electrons. The third-order valence-electron chi connectivity index (χ3n) is 3.66. The highest BCUT2D eigenvalue weighted by molar-refractivity contribution is 5.78. The van der Waals surface area contributed by atoms with Gasteiger partial charge in [0.15, 0.2) is 0 Å². The second-order valence-corrected chi connectivity index (χ2v) is 6.13. The molecule has 0 aliphatic carbocycles. The fraction of sp³-hybridized carbons (Fsp3) is 0.588. The predicted octanol–water partition coefficient (Wildman–Crippen LogP) is 2.78. The lowest BCUT2D eigenvalue weighted by molar-refractivity contribution is -0.134. The van der Waals surface area contributed by atoms with E-state index in [1.807, 2.05) is 44.7 Å². The van der Waals surface area contributed by atoms with Crippen molar-refractivity contribution in [1.29, 1.82) is 0 Å². The first-order valence-corrected chi connectivity index (χ1v) is 7.78. The predicted molar refractivity (Wildman–Crippen MR) is 85.8 cm³/mol. The average molecular weight is 290 g/mol. The zero-order chi connectivity index (χ0) is 15.4. The Balaban J connectivity index is 1.91. The van der Waals surface area contributed by atoms with Crippen LogP contribution in [0.1, 0.15) is 27.7 Å². The Morgan fingerprint density at radius 1 is 1.00 bits per heavy atom. The fourth-order valence-corrected chi connectivity index (χ4v) is 2.56. The van der Waals surface area contributed by atoms with E-state index in [0.29, 0.717) is 0 Å². The molecule has 0 N–H and O–H groups in total. The van der Waals surface area contributed by atoms with Gasteiger partial charge in [0, 0.05) is 37.8 Å². The van der Waals surface area contributed by atoms with Crippen LogP contribution in [0.4, 0.5) is 5.69 Å². The molecule has 0 spiro atoms. The Hall–Kier alpha value is -1.71. The van der Waals surface area contributed by atoms with Gasteiger partial charge in [-0.05, 0) is 38.1 Å². The summed E-state index contributed by atoms with van der Waals surface area (Å²) >= 11 is 0. The van der Waals surface area contributed by atoms with Crippen molar-refractivity contribution < 1.29 is 9.53 Å². The van der Waals surface area contributed by atoms with Crippen LogP contribution in [0.3, 0.4) is 0 Å². The van der Waals surface area contributed by atoms with Crippen LogP contribution in [-0.2, 0) is 4.79 Å². The van der Waals surface area contributed by atoms with Crippen molar-refractivity contribution >= 4 is 11.6 Å². The molecule has 1 fully saturated rings. The summed E-state index contributed by atoms with van der Waals surface area (Å²) in [4.78, 5) is 16.3. The molecule has 116 valence electrons. The second kappa shape index (κ2) is 6.83. The molecule has 1 aromatic carbocycles. The summed E-state index contributed by atoms with van der Waals surface area (Å²) in [6, 6.07) is 8.22. The normalized spacial score (nSPS) is 15.7. The summed E-state index contributed by atoms with van der Waals surface area (Å²) in [5.41, 5.74) is 1.20. The molecule has 4 heteroatoms. The molecule has 4 nitrogen and oxygen atoms in total. The van der Waals surface area contributed by atoms with E-state index in [9.17, 15) is 4.79 Å². The van der Waals surface area contributed by atoms with Gasteiger partial charge in [-0.15, -0.1) is 0 Å². The van der Waals surface area contributed by atoms with Crippen LogP contribution in [0.25, 0.3) is 0 Å². The number of anilines is 1. The minimum absolute atomic E-state index is 0.0871. The number of hydrogen-bond acceptors (Lipinski definition) is 3. The van der Waals surface area contributed by atoms with Crippen LogP contribution >= 0.6 is 0 Å². The molecule has 1 aliphatic rings. The molecular formula is C17H26N2O2. The molecule has 0 atom stereocenters. The minimum atomic E-state index is 0.0871. The fourth-order valence-electron chi connectivity index (χ4n) is 2.56. The van der Waals surface area contributed by atoms with Crippen LogP contribution < -0.4 is 9.64 Å². The number of hydrogen-bond donors (Lipinski definition) is 0. The van der Waals surface area contributed by atoms with Crippen molar-refractivity contribution in [3.63, 3.8) is 0 Å². The van der Waals surface area contributed by atoms with E-state index in [4.69, 9.17) is 4.74 Å². The number of nitrogens with zero attached hydrogens (tertiary/aromatic N) is 2. The van der Waals surface area contributed by atoms with E-state index in [1.54, 1.807) is 0 Å². The molecule has 21 heavy (non-hydrogen) atoms. The summed E-state index contributed by atoms with van der Waals surface area (Å²) in [6.07, 6.45) is 0.196. The Labute approximate surface area is 127 Å². The lowest BCUT2D eigenvalue weighted by atomic mass is 10.1. The molecule has 2 rings (SSSR count). The number of carbonyl (C=O) groups is 1.